The molecule has 1 aromatic heterocycles. The molecule has 0 saturated carbocycles. The molecule has 0 unspecified atom stereocenters. The van der Waals surface area contributed by atoms with Crippen molar-refractivity contribution in [1.82, 2.24) is 4.57 Å². The minimum absolute atomic E-state index is 0.218. The Labute approximate surface area is 132 Å². The van der Waals surface area contributed by atoms with Crippen molar-refractivity contribution >= 4 is 38.2 Å². The van der Waals surface area contributed by atoms with Gasteiger partial charge in [-0.2, -0.15) is 0 Å². The van der Waals surface area contributed by atoms with Gasteiger partial charge in [0.15, 0.2) is 9.84 Å². The van der Waals surface area contributed by atoms with E-state index in [1.807, 2.05) is 0 Å². The molecular weight excluding hydrogens is 322 g/mol. The zero-order valence-corrected chi connectivity index (χ0v) is 13.2. The molecular formula is C16H12ClNO3S. The molecule has 0 bridgehead atoms. The van der Waals surface area contributed by atoms with Crippen LogP contribution in [0.5, 0.6) is 0 Å². The molecule has 0 atom stereocenters. The highest BCUT2D eigenvalue weighted by Gasteiger charge is 2.14. The number of benzene rings is 2. The van der Waals surface area contributed by atoms with Crippen LogP contribution in [0.25, 0.3) is 10.9 Å². The van der Waals surface area contributed by atoms with Crippen molar-refractivity contribution in [3.63, 3.8) is 0 Å². The molecule has 0 saturated heterocycles. The lowest BCUT2D eigenvalue weighted by molar-refractivity contribution is 0.0965. The molecule has 0 amide bonds. The highest BCUT2D eigenvalue weighted by Crippen LogP contribution is 2.22. The molecule has 0 fully saturated rings. The molecule has 0 N–H and O–H groups in total. The van der Waals surface area contributed by atoms with Gasteiger partial charge in [0.05, 0.1) is 10.4 Å². The van der Waals surface area contributed by atoms with Crippen molar-refractivity contribution < 1.29 is 13.2 Å². The fourth-order valence-electron chi connectivity index (χ4n) is 2.29. The van der Waals surface area contributed by atoms with Gasteiger partial charge in [-0.05, 0) is 42.5 Å². The summed E-state index contributed by atoms with van der Waals surface area (Å²) in [5.41, 5.74) is 1.12. The summed E-state index contributed by atoms with van der Waals surface area (Å²) in [5.74, 6) is -0.218. The molecule has 0 aliphatic carbocycles. The van der Waals surface area contributed by atoms with E-state index in [-0.39, 0.29) is 10.8 Å². The number of hydrogen-bond donors (Lipinski definition) is 0. The first kappa shape index (κ1) is 14.8. The molecule has 4 nitrogen and oxygen atoms in total. The maximum atomic E-state index is 12.5. The Morgan fingerprint density at radius 3 is 2.55 bits per heavy atom. The number of carbonyl (C=O) groups is 1. The fourth-order valence-corrected chi connectivity index (χ4v) is 3.14. The molecule has 0 spiro atoms. The highest BCUT2D eigenvalue weighted by molar-refractivity contribution is 7.90. The predicted octanol–water partition coefficient (Wildman–Crippen LogP) is 3.39. The topological polar surface area (TPSA) is 56.1 Å². The summed E-state index contributed by atoms with van der Waals surface area (Å²) in [4.78, 5) is 12.8. The maximum absolute atomic E-state index is 12.5. The summed E-state index contributed by atoms with van der Waals surface area (Å²) in [5, 5.41) is 1.18. The van der Waals surface area contributed by atoms with Gasteiger partial charge in [0.25, 0.3) is 5.91 Å². The Kier molecular flexibility index (Phi) is 3.54. The normalized spacial score (nSPS) is 11.7. The van der Waals surface area contributed by atoms with E-state index in [0.29, 0.717) is 21.5 Å². The average molecular weight is 334 g/mol. The molecule has 6 heteroatoms. The fraction of sp³-hybridized carbons (Fsp3) is 0.0625. The van der Waals surface area contributed by atoms with E-state index >= 15 is 0 Å². The van der Waals surface area contributed by atoms with Crippen LogP contribution < -0.4 is 0 Å². The van der Waals surface area contributed by atoms with Crippen LogP contribution in [0.4, 0.5) is 0 Å². The molecule has 112 valence electrons. The molecule has 0 aliphatic rings. The van der Waals surface area contributed by atoms with Gasteiger partial charge in [-0.3, -0.25) is 9.36 Å². The first-order valence-corrected chi connectivity index (χ1v) is 8.75. The third-order valence-corrected chi connectivity index (χ3v) is 4.73. The lowest BCUT2D eigenvalue weighted by atomic mass is 10.2. The number of rotatable bonds is 2. The zero-order valence-electron chi connectivity index (χ0n) is 11.7. The van der Waals surface area contributed by atoms with Crippen LogP contribution in [0.3, 0.4) is 0 Å². The maximum Gasteiger partial charge on any atom is 0.262 e. The van der Waals surface area contributed by atoms with Gasteiger partial charge < -0.3 is 0 Å². The minimum Gasteiger partial charge on any atom is -0.283 e. The lowest BCUT2D eigenvalue weighted by Gasteiger charge is -2.05. The van der Waals surface area contributed by atoms with Gasteiger partial charge in [0.2, 0.25) is 0 Å². The molecule has 1 heterocycles. The second-order valence-corrected chi connectivity index (χ2v) is 7.45. The van der Waals surface area contributed by atoms with Crippen molar-refractivity contribution in [2.75, 3.05) is 6.26 Å². The summed E-state index contributed by atoms with van der Waals surface area (Å²) in [7, 11) is -3.27. The monoisotopic (exact) mass is 333 g/mol. The minimum atomic E-state index is -3.27. The van der Waals surface area contributed by atoms with E-state index in [4.69, 9.17) is 11.6 Å². The number of fused-ring (bicyclic) bond motifs is 1. The van der Waals surface area contributed by atoms with Crippen molar-refractivity contribution in [3.8, 4) is 0 Å². The van der Waals surface area contributed by atoms with Crippen LogP contribution in [0.1, 0.15) is 10.4 Å². The summed E-state index contributed by atoms with van der Waals surface area (Å²) in [6, 6.07) is 13.1. The second-order valence-electron chi connectivity index (χ2n) is 4.99. The Bertz CT molecular complexity index is 990. The average Bonchev–Trinajstić information content (AvgIpc) is 2.88. The molecule has 2 aromatic carbocycles. The van der Waals surface area contributed by atoms with E-state index in [1.165, 1.54) is 10.6 Å². The Morgan fingerprint density at radius 2 is 1.86 bits per heavy atom. The quantitative estimate of drug-likeness (QED) is 0.722. The first-order valence-electron chi connectivity index (χ1n) is 6.48. The number of aromatic nitrogens is 1. The largest absolute Gasteiger partial charge is 0.283 e. The smallest absolute Gasteiger partial charge is 0.262 e. The van der Waals surface area contributed by atoms with Crippen molar-refractivity contribution in [3.05, 3.63) is 65.3 Å². The third-order valence-electron chi connectivity index (χ3n) is 3.38. The van der Waals surface area contributed by atoms with E-state index < -0.39 is 9.84 Å². The van der Waals surface area contributed by atoms with Crippen molar-refractivity contribution in [2.45, 2.75) is 4.90 Å². The van der Waals surface area contributed by atoms with Crippen LogP contribution in [-0.2, 0) is 9.84 Å². The SMILES string of the molecule is CS(=O)(=O)c1ccc2c(ccn2C(=O)c2cccc(Cl)c2)c1. The lowest BCUT2D eigenvalue weighted by Crippen LogP contribution is -2.10. The number of nitrogens with zero attached hydrogens (tertiary/aromatic N) is 1. The molecule has 3 rings (SSSR count). The number of hydrogen-bond acceptors (Lipinski definition) is 3. The summed E-state index contributed by atoms with van der Waals surface area (Å²) >= 11 is 5.91. The first-order chi connectivity index (χ1) is 10.4. The van der Waals surface area contributed by atoms with Gasteiger partial charge in [-0.1, -0.05) is 17.7 Å². The Balaban J connectivity index is 2.11. The van der Waals surface area contributed by atoms with Crippen LogP contribution in [0.15, 0.2) is 59.6 Å². The Morgan fingerprint density at radius 1 is 1.09 bits per heavy atom. The van der Waals surface area contributed by atoms with E-state index in [1.54, 1.807) is 48.7 Å². The second kappa shape index (κ2) is 5.26. The molecule has 0 radical (unpaired) electrons. The van der Waals surface area contributed by atoms with Crippen molar-refractivity contribution in [2.24, 2.45) is 0 Å². The van der Waals surface area contributed by atoms with Gasteiger partial charge >= 0.3 is 0 Å². The van der Waals surface area contributed by atoms with Gasteiger partial charge in [0.1, 0.15) is 0 Å². The van der Waals surface area contributed by atoms with Crippen LogP contribution in [0.2, 0.25) is 5.02 Å². The molecule has 22 heavy (non-hydrogen) atoms. The molecule has 3 aromatic rings. The summed E-state index contributed by atoms with van der Waals surface area (Å²) < 4.78 is 24.7. The van der Waals surface area contributed by atoms with Gasteiger partial charge in [-0.15, -0.1) is 0 Å². The highest BCUT2D eigenvalue weighted by atomic mass is 35.5. The van der Waals surface area contributed by atoms with Gasteiger partial charge in [-0.25, -0.2) is 8.42 Å². The van der Waals surface area contributed by atoms with Crippen LogP contribution in [-0.4, -0.2) is 25.1 Å². The van der Waals surface area contributed by atoms with E-state index in [0.717, 1.165) is 6.26 Å². The van der Waals surface area contributed by atoms with Crippen LogP contribution >= 0.6 is 11.6 Å². The number of sulfone groups is 1. The van der Waals surface area contributed by atoms with E-state index in [2.05, 4.69) is 0 Å². The van der Waals surface area contributed by atoms with Crippen molar-refractivity contribution in [1.29, 1.82) is 0 Å². The standard InChI is InChI=1S/C16H12ClNO3S/c1-22(20,21)14-5-6-15-11(10-14)7-8-18(15)16(19)12-3-2-4-13(17)9-12/h2-10H,1H3. The Hall–Kier alpha value is -2.11. The third kappa shape index (κ3) is 2.65. The summed E-state index contributed by atoms with van der Waals surface area (Å²) in [6.07, 6.45) is 2.78. The molecule has 0 aliphatic heterocycles. The van der Waals surface area contributed by atoms with E-state index in [9.17, 15) is 13.2 Å². The number of halogens is 1. The predicted molar refractivity (Wildman–Crippen MR) is 86.2 cm³/mol. The van der Waals surface area contributed by atoms with Crippen LogP contribution in [0, 0.1) is 0 Å². The zero-order chi connectivity index (χ0) is 15.9. The number of carbonyl (C=O) groups excluding carboxylic acids is 1. The summed E-state index contributed by atoms with van der Waals surface area (Å²) in [6.45, 7) is 0. The van der Waals surface area contributed by atoms with Gasteiger partial charge in [0, 0.05) is 28.4 Å².